The second-order valence-corrected chi connectivity index (χ2v) is 13.2. The van der Waals surface area contributed by atoms with Gasteiger partial charge in [-0.1, -0.05) is 37.6 Å². The lowest BCUT2D eigenvalue weighted by Gasteiger charge is -2.36. The number of hydrogen-bond donors (Lipinski definition) is 1. The van der Waals surface area contributed by atoms with Crippen LogP contribution in [0.25, 0.3) is 16.7 Å². The van der Waals surface area contributed by atoms with Crippen LogP contribution in [0.2, 0.25) is 0 Å². The number of methoxy groups -OCH3 is 1. The summed E-state index contributed by atoms with van der Waals surface area (Å²) in [5, 5.41) is 9.29. The van der Waals surface area contributed by atoms with Gasteiger partial charge in [0.1, 0.15) is 11.9 Å². The van der Waals surface area contributed by atoms with E-state index in [1.807, 2.05) is 13.8 Å². The number of halogens is 6. The molecule has 2 aliphatic rings. The first-order chi connectivity index (χ1) is 22.3. The minimum atomic E-state index is -4.76. The summed E-state index contributed by atoms with van der Waals surface area (Å²) in [6, 6.07) is 10.3. The number of hydrogen-bond acceptors (Lipinski definition) is 4. The van der Waals surface area contributed by atoms with Crippen LogP contribution in [-0.2, 0) is 17.1 Å². The highest BCUT2D eigenvalue weighted by Crippen LogP contribution is 2.49. The first-order valence-corrected chi connectivity index (χ1v) is 15.3. The van der Waals surface area contributed by atoms with Crippen molar-refractivity contribution in [2.24, 2.45) is 5.41 Å². The predicted molar refractivity (Wildman–Crippen MR) is 167 cm³/mol. The number of alkyl halides is 6. The molecule has 1 aliphatic carbocycles. The van der Waals surface area contributed by atoms with Crippen molar-refractivity contribution in [3.63, 3.8) is 0 Å². The van der Waals surface area contributed by atoms with Crippen molar-refractivity contribution in [2.45, 2.75) is 71.5 Å². The number of carbonyl (C=O) groups excluding carboxylic acids is 1. The number of nitrogens with zero attached hydrogens (tertiary/aromatic N) is 1. The van der Waals surface area contributed by atoms with E-state index in [2.05, 4.69) is 0 Å². The molecule has 5 rings (SSSR count). The van der Waals surface area contributed by atoms with Crippen LogP contribution in [0.15, 0.2) is 60.2 Å². The number of carboxylic acid groups (broad SMARTS) is 1. The molecule has 1 fully saturated rings. The number of cyclic esters (lactones) is 1. The Bertz CT molecular complexity index is 1770. The molecule has 0 radical (unpaired) electrons. The summed E-state index contributed by atoms with van der Waals surface area (Å²) in [5.41, 5.74) is 0.327. The third-order valence-corrected chi connectivity index (χ3v) is 9.09. The SMILES string of the molecule is COc1cc(C(F)(F)F)c(-c2ccc(C(=O)O)cc2)cc1C1=C(CN2C(=O)O[C@H](c3cc(C)cc(C(F)(F)F)c3)[C@@H]2C)CC(C)(C)CC1. The Hall–Kier alpha value is -4.48. The van der Waals surface area contributed by atoms with Crippen molar-refractivity contribution < 1.29 is 50.5 Å². The first-order valence-electron chi connectivity index (χ1n) is 15.3. The predicted octanol–water partition coefficient (Wildman–Crippen LogP) is 9.95. The molecule has 2 atom stereocenters. The lowest BCUT2D eigenvalue weighted by atomic mass is 9.72. The normalized spacial score (nSPS) is 19.8. The van der Waals surface area contributed by atoms with Gasteiger partial charge in [0.2, 0.25) is 0 Å². The molecule has 1 aliphatic heterocycles. The molecule has 48 heavy (non-hydrogen) atoms. The quantitative estimate of drug-likeness (QED) is 0.252. The van der Waals surface area contributed by atoms with Crippen LogP contribution in [0.5, 0.6) is 5.75 Å². The second-order valence-electron chi connectivity index (χ2n) is 13.2. The minimum absolute atomic E-state index is 0.0187. The van der Waals surface area contributed by atoms with Crippen molar-refractivity contribution >= 4 is 17.6 Å². The average Bonchev–Trinajstić information content (AvgIpc) is 3.27. The number of allylic oxidation sites excluding steroid dienone is 1. The van der Waals surface area contributed by atoms with Crippen molar-refractivity contribution in [2.75, 3.05) is 13.7 Å². The van der Waals surface area contributed by atoms with E-state index in [1.165, 1.54) is 49.3 Å². The number of carboxylic acids is 1. The molecule has 0 aromatic heterocycles. The number of aryl methyl sites for hydroxylation is 1. The van der Waals surface area contributed by atoms with Gasteiger partial charge in [-0.05, 0) is 103 Å². The Labute approximate surface area is 274 Å². The van der Waals surface area contributed by atoms with Crippen molar-refractivity contribution in [1.82, 2.24) is 4.90 Å². The maximum atomic E-state index is 14.4. The maximum absolute atomic E-state index is 14.4. The molecule has 3 aromatic carbocycles. The lowest BCUT2D eigenvalue weighted by Crippen LogP contribution is -2.35. The number of rotatable bonds is 7. The van der Waals surface area contributed by atoms with Gasteiger partial charge in [-0.25, -0.2) is 9.59 Å². The van der Waals surface area contributed by atoms with Gasteiger partial charge in [-0.3, -0.25) is 4.90 Å². The number of aromatic carboxylic acids is 1. The molecule has 256 valence electrons. The van der Waals surface area contributed by atoms with Crippen LogP contribution in [0.4, 0.5) is 31.1 Å². The highest BCUT2D eigenvalue weighted by Gasteiger charge is 2.43. The maximum Gasteiger partial charge on any atom is 0.417 e. The third kappa shape index (κ3) is 7.02. The summed E-state index contributed by atoms with van der Waals surface area (Å²) < 4.78 is 95.0. The topological polar surface area (TPSA) is 76.1 Å². The van der Waals surface area contributed by atoms with Crippen molar-refractivity contribution in [3.8, 4) is 16.9 Å². The zero-order valence-electron chi connectivity index (χ0n) is 27.0. The zero-order valence-corrected chi connectivity index (χ0v) is 27.0. The average molecular weight is 676 g/mol. The van der Waals surface area contributed by atoms with Crippen LogP contribution in [-0.4, -0.2) is 41.8 Å². The fraction of sp³-hybridized carbons (Fsp3) is 0.389. The Morgan fingerprint density at radius 2 is 1.67 bits per heavy atom. The van der Waals surface area contributed by atoms with Crippen LogP contribution in [0.1, 0.15) is 84.3 Å². The summed E-state index contributed by atoms with van der Waals surface area (Å²) in [7, 11) is 1.27. The van der Waals surface area contributed by atoms with Gasteiger partial charge >= 0.3 is 24.4 Å². The summed E-state index contributed by atoms with van der Waals surface area (Å²) in [4.78, 5) is 26.1. The van der Waals surface area contributed by atoms with E-state index < -0.39 is 47.7 Å². The van der Waals surface area contributed by atoms with Crippen molar-refractivity contribution in [1.29, 1.82) is 0 Å². The molecule has 12 heteroatoms. The van der Waals surface area contributed by atoms with Gasteiger partial charge in [0.05, 0.1) is 29.8 Å². The Morgan fingerprint density at radius 1 is 1.00 bits per heavy atom. The fourth-order valence-corrected chi connectivity index (χ4v) is 6.65. The van der Waals surface area contributed by atoms with E-state index in [0.29, 0.717) is 36.0 Å². The molecule has 1 N–H and O–H groups in total. The highest BCUT2D eigenvalue weighted by atomic mass is 19.4. The molecule has 3 aromatic rings. The van der Waals surface area contributed by atoms with Gasteiger partial charge in [0.25, 0.3) is 0 Å². The van der Waals surface area contributed by atoms with E-state index in [9.17, 15) is 41.0 Å². The molecule has 1 amide bonds. The molecular weight excluding hydrogens is 640 g/mol. The molecule has 1 heterocycles. The molecule has 0 saturated carbocycles. The van der Waals surface area contributed by atoms with Gasteiger partial charge in [-0.15, -0.1) is 0 Å². The Kier molecular flexibility index (Phi) is 9.09. The van der Waals surface area contributed by atoms with Crippen LogP contribution in [0.3, 0.4) is 0 Å². The van der Waals surface area contributed by atoms with Gasteiger partial charge < -0.3 is 14.6 Å². The highest BCUT2D eigenvalue weighted by molar-refractivity contribution is 5.89. The summed E-state index contributed by atoms with van der Waals surface area (Å²) >= 11 is 0. The van der Waals surface area contributed by atoms with Gasteiger partial charge in [-0.2, -0.15) is 26.3 Å². The van der Waals surface area contributed by atoms with E-state index >= 15 is 0 Å². The van der Waals surface area contributed by atoms with Crippen LogP contribution < -0.4 is 4.74 Å². The molecule has 0 bridgehead atoms. The number of ether oxygens (including phenoxy) is 2. The Morgan fingerprint density at radius 3 is 2.25 bits per heavy atom. The minimum Gasteiger partial charge on any atom is -0.496 e. The van der Waals surface area contributed by atoms with Gasteiger partial charge in [0.15, 0.2) is 0 Å². The summed E-state index contributed by atoms with van der Waals surface area (Å²) in [5.74, 6) is -1.23. The largest absolute Gasteiger partial charge is 0.496 e. The number of amides is 1. The monoisotopic (exact) mass is 675 g/mol. The zero-order chi connectivity index (χ0) is 35.3. The number of benzene rings is 3. The van der Waals surface area contributed by atoms with E-state index in [0.717, 1.165) is 23.8 Å². The van der Waals surface area contributed by atoms with E-state index in [-0.39, 0.29) is 40.0 Å². The molecule has 6 nitrogen and oxygen atoms in total. The fourth-order valence-electron chi connectivity index (χ4n) is 6.65. The first kappa shape index (κ1) is 34.8. The molecular formula is C36H35F6NO5. The summed E-state index contributed by atoms with van der Waals surface area (Å²) in [6.07, 6.45) is -9.41. The van der Waals surface area contributed by atoms with Gasteiger partial charge in [0, 0.05) is 12.1 Å². The standard InChI is InChI=1S/C36H35F6NO5/c1-19-12-23(14-25(13-19)35(37,38)39)31-20(2)43(33(46)48-31)18-24-17-34(3,4)11-10-26(24)28-15-27(21-6-8-22(9-7-21)32(44)45)29(36(40,41)42)16-30(28)47-5/h6-9,12-16,20,31H,10-11,17-18H2,1-5H3,(H,44,45)/t20-,31-/m0/s1. The summed E-state index contributed by atoms with van der Waals surface area (Å²) in [6.45, 7) is 7.36. The smallest absolute Gasteiger partial charge is 0.417 e. The molecule has 1 saturated heterocycles. The molecule has 0 spiro atoms. The van der Waals surface area contributed by atoms with E-state index in [4.69, 9.17) is 9.47 Å². The molecule has 0 unspecified atom stereocenters. The number of carbonyl (C=O) groups is 2. The van der Waals surface area contributed by atoms with E-state index in [1.54, 1.807) is 13.0 Å². The van der Waals surface area contributed by atoms with Crippen LogP contribution >= 0.6 is 0 Å². The Balaban J connectivity index is 1.60. The van der Waals surface area contributed by atoms with Crippen molar-refractivity contribution in [3.05, 3.63) is 93.6 Å². The second kappa shape index (κ2) is 12.5. The lowest BCUT2D eigenvalue weighted by molar-refractivity contribution is -0.138. The third-order valence-electron chi connectivity index (χ3n) is 9.09. The van der Waals surface area contributed by atoms with Crippen LogP contribution in [0, 0.1) is 12.3 Å².